The topological polar surface area (TPSA) is 136 Å². The molecule has 1 rings (SSSR count). The van der Waals surface area contributed by atoms with Gasteiger partial charge in [-0.2, -0.15) is 13.2 Å². The van der Waals surface area contributed by atoms with Gasteiger partial charge in [-0.3, -0.25) is 19.2 Å². The highest BCUT2D eigenvalue weighted by Gasteiger charge is 2.46. The van der Waals surface area contributed by atoms with Crippen molar-refractivity contribution in [3.63, 3.8) is 0 Å². The van der Waals surface area contributed by atoms with Crippen LogP contribution in [0.2, 0.25) is 0 Å². The van der Waals surface area contributed by atoms with Gasteiger partial charge in [-0.25, -0.2) is 0 Å². The average molecular weight is 408 g/mol. The van der Waals surface area contributed by atoms with Crippen LogP contribution in [0.3, 0.4) is 0 Å². The normalized spacial score (nSPS) is 20.6. The van der Waals surface area contributed by atoms with E-state index in [-0.39, 0.29) is 19.4 Å². The molecule has 0 spiro atoms. The minimum Gasteiger partial charge on any atom is -0.344 e. The third-order valence-electron chi connectivity index (χ3n) is 4.61. The second-order valence-electron chi connectivity index (χ2n) is 7.35. The number of Topliss-reactive ketones (excluding diaryl/α,β-unsaturated/α-hetero) is 2. The Balaban J connectivity index is 2.87. The standard InChI is InChI=1S/C17H27F3N4O4/c1-8(2)13(14(26)17(18,19)20)23-15(27)11-5-4-6-24(11)16(28)10(22)7-12(25)9(3)21/h8-11,13H,4-7,21-22H2,1-3H3,(H,23,27). The van der Waals surface area contributed by atoms with Crippen molar-refractivity contribution in [3.8, 4) is 0 Å². The average Bonchev–Trinajstić information content (AvgIpc) is 3.06. The highest BCUT2D eigenvalue weighted by atomic mass is 19.4. The molecule has 1 saturated heterocycles. The second-order valence-corrected chi connectivity index (χ2v) is 7.35. The Hall–Kier alpha value is -2.01. The van der Waals surface area contributed by atoms with Crippen molar-refractivity contribution in [1.29, 1.82) is 0 Å². The van der Waals surface area contributed by atoms with E-state index in [1.165, 1.54) is 20.8 Å². The molecule has 11 heteroatoms. The van der Waals surface area contributed by atoms with Gasteiger partial charge in [0.25, 0.3) is 5.78 Å². The number of alkyl halides is 3. The number of halogens is 3. The Bertz CT molecular complexity index is 622. The summed E-state index contributed by atoms with van der Waals surface area (Å²) in [6.07, 6.45) is -4.73. The van der Waals surface area contributed by atoms with E-state index in [1.54, 1.807) is 0 Å². The SMILES string of the molecule is CC(N)C(=O)CC(N)C(=O)N1CCCC1C(=O)NC(C(=O)C(F)(F)F)C(C)C. The highest BCUT2D eigenvalue weighted by molar-refractivity contribution is 5.97. The first-order chi connectivity index (χ1) is 12.8. The van der Waals surface area contributed by atoms with E-state index >= 15 is 0 Å². The summed E-state index contributed by atoms with van der Waals surface area (Å²) in [6, 6.07) is -4.80. The number of nitrogens with zero attached hydrogens (tertiary/aromatic N) is 1. The van der Waals surface area contributed by atoms with Gasteiger partial charge in [-0.1, -0.05) is 13.8 Å². The van der Waals surface area contributed by atoms with Gasteiger partial charge >= 0.3 is 6.18 Å². The monoisotopic (exact) mass is 408 g/mol. The maximum absolute atomic E-state index is 12.8. The number of amides is 2. The van der Waals surface area contributed by atoms with Crippen molar-refractivity contribution in [1.82, 2.24) is 10.2 Å². The van der Waals surface area contributed by atoms with E-state index in [0.29, 0.717) is 6.42 Å². The summed E-state index contributed by atoms with van der Waals surface area (Å²) < 4.78 is 38.3. The van der Waals surface area contributed by atoms with E-state index in [4.69, 9.17) is 11.5 Å². The van der Waals surface area contributed by atoms with E-state index < -0.39 is 59.6 Å². The fourth-order valence-electron chi connectivity index (χ4n) is 2.97. The fourth-order valence-corrected chi connectivity index (χ4v) is 2.97. The molecule has 0 aliphatic carbocycles. The molecule has 2 amide bonds. The lowest BCUT2D eigenvalue weighted by Gasteiger charge is -2.29. The number of likely N-dealkylation sites (tertiary alicyclic amines) is 1. The largest absolute Gasteiger partial charge is 0.452 e. The molecular formula is C17H27F3N4O4. The summed E-state index contributed by atoms with van der Waals surface area (Å²) in [7, 11) is 0. The quantitative estimate of drug-likeness (QED) is 0.513. The number of nitrogens with one attached hydrogen (secondary N) is 1. The van der Waals surface area contributed by atoms with E-state index in [0.717, 1.165) is 4.90 Å². The Morgan fingerprint density at radius 1 is 1.14 bits per heavy atom. The predicted octanol–water partition coefficient (Wildman–Crippen LogP) is -0.117. The first kappa shape index (κ1) is 24.0. The molecule has 0 radical (unpaired) electrons. The zero-order valence-corrected chi connectivity index (χ0v) is 16.1. The Labute approximate surface area is 161 Å². The third-order valence-corrected chi connectivity index (χ3v) is 4.61. The molecule has 1 aliphatic heterocycles. The van der Waals surface area contributed by atoms with Gasteiger partial charge in [0.2, 0.25) is 11.8 Å². The van der Waals surface area contributed by atoms with Crippen LogP contribution in [-0.2, 0) is 19.2 Å². The maximum atomic E-state index is 12.8. The zero-order valence-electron chi connectivity index (χ0n) is 16.1. The molecule has 0 saturated carbocycles. The molecule has 1 fully saturated rings. The lowest BCUT2D eigenvalue weighted by Crippen LogP contribution is -2.56. The van der Waals surface area contributed by atoms with Crippen LogP contribution in [0, 0.1) is 5.92 Å². The van der Waals surface area contributed by atoms with Crippen LogP contribution >= 0.6 is 0 Å². The van der Waals surface area contributed by atoms with Gasteiger partial charge in [0.05, 0.1) is 18.1 Å². The third kappa shape index (κ3) is 5.99. The summed E-state index contributed by atoms with van der Waals surface area (Å²) in [4.78, 5) is 49.4. The van der Waals surface area contributed by atoms with Crippen LogP contribution in [0.5, 0.6) is 0 Å². The first-order valence-electron chi connectivity index (χ1n) is 9.03. The number of rotatable bonds is 8. The van der Waals surface area contributed by atoms with Crippen molar-refractivity contribution < 1.29 is 32.3 Å². The van der Waals surface area contributed by atoms with Gasteiger partial charge in [0.1, 0.15) is 6.04 Å². The summed E-state index contributed by atoms with van der Waals surface area (Å²) in [5, 5.41) is 2.12. The van der Waals surface area contributed by atoms with Crippen LogP contribution in [-0.4, -0.2) is 65.2 Å². The Kier molecular flexibility index (Phi) is 8.12. The smallest absolute Gasteiger partial charge is 0.344 e. The van der Waals surface area contributed by atoms with Crippen molar-refractivity contribution >= 4 is 23.4 Å². The minimum atomic E-state index is -5.09. The molecule has 0 aromatic carbocycles. The second kappa shape index (κ2) is 9.46. The number of carbonyl (C=O) groups is 4. The van der Waals surface area contributed by atoms with Crippen molar-refractivity contribution in [2.45, 2.75) is 70.4 Å². The Morgan fingerprint density at radius 3 is 2.18 bits per heavy atom. The Morgan fingerprint density at radius 2 is 1.71 bits per heavy atom. The van der Waals surface area contributed by atoms with Crippen molar-refractivity contribution in [2.75, 3.05) is 6.54 Å². The first-order valence-corrected chi connectivity index (χ1v) is 9.03. The van der Waals surface area contributed by atoms with Crippen LogP contribution in [0.1, 0.15) is 40.0 Å². The molecule has 0 bridgehead atoms. The van der Waals surface area contributed by atoms with Crippen LogP contribution < -0.4 is 16.8 Å². The van der Waals surface area contributed by atoms with Crippen LogP contribution in [0.4, 0.5) is 13.2 Å². The van der Waals surface area contributed by atoms with Gasteiger partial charge in [0.15, 0.2) is 5.78 Å². The van der Waals surface area contributed by atoms with Gasteiger partial charge < -0.3 is 21.7 Å². The summed E-state index contributed by atoms with van der Waals surface area (Å²) in [5.41, 5.74) is 11.2. The number of carbonyl (C=O) groups excluding carboxylic acids is 4. The molecule has 0 aromatic rings. The number of ketones is 2. The highest BCUT2D eigenvalue weighted by Crippen LogP contribution is 2.23. The van der Waals surface area contributed by atoms with Crippen LogP contribution in [0.25, 0.3) is 0 Å². The van der Waals surface area contributed by atoms with Crippen LogP contribution in [0.15, 0.2) is 0 Å². The van der Waals surface area contributed by atoms with E-state index in [1.807, 2.05) is 0 Å². The minimum absolute atomic E-state index is 0.177. The predicted molar refractivity (Wildman–Crippen MR) is 93.8 cm³/mol. The number of hydrogen-bond acceptors (Lipinski definition) is 6. The zero-order chi connectivity index (χ0) is 21.8. The van der Waals surface area contributed by atoms with E-state index in [9.17, 15) is 32.3 Å². The molecule has 0 aromatic heterocycles. The molecule has 160 valence electrons. The van der Waals surface area contributed by atoms with Crippen molar-refractivity contribution in [3.05, 3.63) is 0 Å². The molecule has 8 nitrogen and oxygen atoms in total. The summed E-state index contributed by atoms with van der Waals surface area (Å²) in [5.74, 6) is -4.78. The molecule has 5 N–H and O–H groups in total. The molecular weight excluding hydrogens is 381 g/mol. The maximum Gasteiger partial charge on any atom is 0.452 e. The fraction of sp³-hybridized carbons (Fsp3) is 0.765. The van der Waals surface area contributed by atoms with E-state index in [2.05, 4.69) is 5.32 Å². The number of nitrogens with two attached hydrogens (primary N) is 2. The lowest BCUT2D eigenvalue weighted by molar-refractivity contribution is -0.175. The van der Waals surface area contributed by atoms with Crippen molar-refractivity contribution in [2.24, 2.45) is 17.4 Å². The number of hydrogen-bond donors (Lipinski definition) is 3. The molecule has 1 heterocycles. The molecule has 1 aliphatic rings. The lowest BCUT2D eigenvalue weighted by atomic mass is 9.98. The van der Waals surface area contributed by atoms with Gasteiger partial charge in [0, 0.05) is 13.0 Å². The van der Waals surface area contributed by atoms with Gasteiger partial charge in [-0.15, -0.1) is 0 Å². The molecule has 28 heavy (non-hydrogen) atoms. The summed E-state index contributed by atoms with van der Waals surface area (Å²) in [6.45, 7) is 4.38. The summed E-state index contributed by atoms with van der Waals surface area (Å²) >= 11 is 0. The molecule has 4 unspecified atom stereocenters. The molecule has 4 atom stereocenters. The van der Waals surface area contributed by atoms with Gasteiger partial charge in [-0.05, 0) is 25.7 Å².